The fourth-order valence-electron chi connectivity index (χ4n) is 1.85. The van der Waals surface area contributed by atoms with Crippen molar-refractivity contribution in [3.63, 3.8) is 0 Å². The maximum atomic E-state index is 6.22. The average molecular weight is 250 g/mol. The van der Waals surface area contributed by atoms with Gasteiger partial charge in [-0.3, -0.25) is 0 Å². The van der Waals surface area contributed by atoms with Gasteiger partial charge >= 0.3 is 0 Å². The highest BCUT2D eigenvalue weighted by atomic mass is 35.5. The molecule has 17 heavy (non-hydrogen) atoms. The van der Waals surface area contributed by atoms with Crippen molar-refractivity contribution in [2.75, 3.05) is 0 Å². The van der Waals surface area contributed by atoms with E-state index in [0.29, 0.717) is 5.02 Å². The van der Waals surface area contributed by atoms with E-state index in [1.807, 2.05) is 45.0 Å². The summed E-state index contributed by atoms with van der Waals surface area (Å²) in [6, 6.07) is 7.46. The van der Waals surface area contributed by atoms with Crippen LogP contribution in [0.3, 0.4) is 0 Å². The Balaban J connectivity index is 2.42. The Kier molecular flexibility index (Phi) is 3.27. The molecule has 2 nitrogen and oxygen atoms in total. The molecule has 0 fully saturated rings. The van der Waals surface area contributed by atoms with Crippen LogP contribution in [0.15, 0.2) is 28.7 Å². The summed E-state index contributed by atoms with van der Waals surface area (Å²) < 4.78 is 5.66. The maximum Gasteiger partial charge on any atom is 0.125 e. The molecule has 0 aliphatic heterocycles. The monoisotopic (exact) mass is 249 g/mol. The molecule has 1 unspecified atom stereocenters. The summed E-state index contributed by atoms with van der Waals surface area (Å²) in [7, 11) is 0. The predicted octanol–water partition coefficient (Wildman–Crippen LogP) is 3.91. The highest BCUT2D eigenvalue weighted by Crippen LogP contribution is 2.28. The lowest BCUT2D eigenvalue weighted by atomic mass is 10.00. The number of rotatable bonds is 2. The summed E-state index contributed by atoms with van der Waals surface area (Å²) in [6.07, 6.45) is 0. The first kappa shape index (κ1) is 12.2. The first-order valence-electron chi connectivity index (χ1n) is 5.57. The largest absolute Gasteiger partial charge is 0.464 e. The Morgan fingerprint density at radius 3 is 2.41 bits per heavy atom. The number of aryl methyl sites for hydroxylation is 3. The second-order valence-electron chi connectivity index (χ2n) is 4.37. The Morgan fingerprint density at radius 2 is 1.82 bits per heavy atom. The summed E-state index contributed by atoms with van der Waals surface area (Å²) in [5.74, 6) is 1.69. The number of benzene rings is 1. The minimum Gasteiger partial charge on any atom is -0.464 e. The summed E-state index contributed by atoms with van der Waals surface area (Å²) in [4.78, 5) is 0. The molecule has 0 aliphatic carbocycles. The van der Waals surface area contributed by atoms with Gasteiger partial charge in [0.2, 0.25) is 0 Å². The van der Waals surface area contributed by atoms with Gasteiger partial charge in [0.25, 0.3) is 0 Å². The van der Waals surface area contributed by atoms with Crippen LogP contribution in [-0.4, -0.2) is 0 Å². The smallest absolute Gasteiger partial charge is 0.125 e. The first-order valence-corrected chi connectivity index (χ1v) is 5.95. The van der Waals surface area contributed by atoms with Crippen LogP contribution in [0, 0.1) is 20.8 Å². The van der Waals surface area contributed by atoms with E-state index >= 15 is 0 Å². The van der Waals surface area contributed by atoms with E-state index in [4.69, 9.17) is 21.8 Å². The van der Waals surface area contributed by atoms with Crippen LogP contribution in [0.1, 0.15) is 34.3 Å². The summed E-state index contributed by atoms with van der Waals surface area (Å²) in [5, 5.41) is 0.695. The van der Waals surface area contributed by atoms with Crippen molar-refractivity contribution in [3.8, 4) is 0 Å². The van der Waals surface area contributed by atoms with Crippen LogP contribution in [0.25, 0.3) is 0 Å². The van der Waals surface area contributed by atoms with Crippen molar-refractivity contribution in [1.82, 2.24) is 0 Å². The van der Waals surface area contributed by atoms with Gasteiger partial charge in [-0.2, -0.15) is 0 Å². The van der Waals surface area contributed by atoms with Gasteiger partial charge < -0.3 is 10.2 Å². The van der Waals surface area contributed by atoms with Crippen LogP contribution in [0.5, 0.6) is 0 Å². The molecule has 90 valence electrons. The van der Waals surface area contributed by atoms with E-state index < -0.39 is 0 Å². The average Bonchev–Trinajstić information content (AvgIpc) is 2.62. The van der Waals surface area contributed by atoms with Gasteiger partial charge in [-0.25, -0.2) is 0 Å². The van der Waals surface area contributed by atoms with E-state index in [-0.39, 0.29) is 6.04 Å². The quantitative estimate of drug-likeness (QED) is 0.877. The molecule has 0 radical (unpaired) electrons. The third kappa shape index (κ3) is 2.38. The Morgan fingerprint density at radius 1 is 1.12 bits per heavy atom. The van der Waals surface area contributed by atoms with E-state index in [9.17, 15) is 0 Å². The lowest BCUT2D eigenvalue weighted by Gasteiger charge is -2.12. The number of hydrogen-bond donors (Lipinski definition) is 1. The molecule has 1 heterocycles. The zero-order valence-corrected chi connectivity index (χ0v) is 11.0. The van der Waals surface area contributed by atoms with Crippen LogP contribution in [-0.2, 0) is 0 Å². The normalized spacial score (nSPS) is 12.8. The highest BCUT2D eigenvalue weighted by Gasteiger charge is 2.16. The summed E-state index contributed by atoms with van der Waals surface area (Å²) in [5.41, 5.74) is 9.46. The number of hydrogen-bond acceptors (Lipinski definition) is 2. The highest BCUT2D eigenvalue weighted by molar-refractivity contribution is 6.30. The van der Waals surface area contributed by atoms with Crippen LogP contribution >= 0.6 is 11.6 Å². The van der Waals surface area contributed by atoms with E-state index in [1.165, 1.54) is 0 Å². The number of furan rings is 1. The van der Waals surface area contributed by atoms with Gasteiger partial charge in [0, 0.05) is 5.02 Å². The van der Waals surface area contributed by atoms with Crippen molar-refractivity contribution in [3.05, 3.63) is 57.5 Å². The minimum absolute atomic E-state index is 0.263. The third-order valence-electron chi connectivity index (χ3n) is 3.07. The molecule has 0 saturated carbocycles. The molecule has 2 aromatic rings. The van der Waals surface area contributed by atoms with Gasteiger partial charge in [0.1, 0.15) is 11.5 Å². The molecule has 1 aromatic heterocycles. The molecular formula is C14H16ClNO. The molecule has 0 bridgehead atoms. The summed E-state index contributed by atoms with van der Waals surface area (Å²) in [6.45, 7) is 5.98. The van der Waals surface area contributed by atoms with Crippen LogP contribution in [0.2, 0.25) is 5.02 Å². The molecule has 0 saturated heterocycles. The molecular weight excluding hydrogens is 234 g/mol. The third-order valence-corrected chi connectivity index (χ3v) is 3.30. The van der Waals surface area contributed by atoms with Crippen molar-refractivity contribution in [1.29, 1.82) is 0 Å². The fraction of sp³-hybridized carbons (Fsp3) is 0.286. The van der Waals surface area contributed by atoms with Gasteiger partial charge in [-0.15, -0.1) is 0 Å². The van der Waals surface area contributed by atoms with E-state index in [2.05, 4.69) is 0 Å². The Bertz CT molecular complexity index is 526. The standard InChI is InChI=1S/C14H16ClNO/c1-8-4-5-11(15)7-12(8)14(16)13-6-9(2)10(3)17-13/h4-7,14H,16H2,1-3H3. The molecule has 0 spiro atoms. The van der Waals surface area contributed by atoms with Gasteiger partial charge in [-0.05, 0) is 55.7 Å². The SMILES string of the molecule is Cc1ccc(Cl)cc1C(N)c1cc(C)c(C)o1. The van der Waals surface area contributed by atoms with E-state index in [1.54, 1.807) is 0 Å². The molecule has 3 heteroatoms. The maximum absolute atomic E-state index is 6.22. The Hall–Kier alpha value is -1.25. The predicted molar refractivity (Wildman–Crippen MR) is 70.4 cm³/mol. The topological polar surface area (TPSA) is 39.2 Å². The minimum atomic E-state index is -0.263. The first-order chi connectivity index (χ1) is 7.99. The second-order valence-corrected chi connectivity index (χ2v) is 4.80. The second kappa shape index (κ2) is 4.55. The molecule has 1 aromatic carbocycles. The van der Waals surface area contributed by atoms with Gasteiger partial charge in [-0.1, -0.05) is 17.7 Å². The lowest BCUT2D eigenvalue weighted by molar-refractivity contribution is 0.464. The van der Waals surface area contributed by atoms with Crippen molar-refractivity contribution in [2.24, 2.45) is 5.73 Å². The number of halogens is 1. The summed E-state index contributed by atoms with van der Waals surface area (Å²) >= 11 is 6.00. The molecule has 0 aliphatic rings. The lowest BCUT2D eigenvalue weighted by Crippen LogP contribution is -2.12. The van der Waals surface area contributed by atoms with Gasteiger partial charge in [0.15, 0.2) is 0 Å². The van der Waals surface area contributed by atoms with Crippen molar-refractivity contribution in [2.45, 2.75) is 26.8 Å². The number of nitrogens with two attached hydrogens (primary N) is 1. The van der Waals surface area contributed by atoms with Crippen LogP contribution < -0.4 is 5.73 Å². The fourth-order valence-corrected chi connectivity index (χ4v) is 2.04. The Labute approximate surface area is 106 Å². The zero-order valence-electron chi connectivity index (χ0n) is 10.3. The van der Waals surface area contributed by atoms with Crippen molar-refractivity contribution < 1.29 is 4.42 Å². The molecule has 2 N–H and O–H groups in total. The molecule has 1 atom stereocenters. The zero-order chi connectivity index (χ0) is 12.6. The molecule has 2 rings (SSSR count). The van der Waals surface area contributed by atoms with E-state index in [0.717, 1.165) is 28.2 Å². The molecule has 0 amide bonds. The van der Waals surface area contributed by atoms with Crippen LogP contribution in [0.4, 0.5) is 0 Å². The van der Waals surface area contributed by atoms with Crippen molar-refractivity contribution >= 4 is 11.6 Å². The van der Waals surface area contributed by atoms with Gasteiger partial charge in [0.05, 0.1) is 6.04 Å².